The van der Waals surface area contributed by atoms with E-state index in [-0.39, 0.29) is 5.91 Å². The van der Waals surface area contributed by atoms with Gasteiger partial charge >= 0.3 is 0 Å². The Morgan fingerprint density at radius 1 is 1.12 bits per heavy atom. The van der Waals surface area contributed by atoms with Gasteiger partial charge in [-0.15, -0.1) is 11.8 Å². The van der Waals surface area contributed by atoms with Crippen molar-refractivity contribution in [3.63, 3.8) is 0 Å². The Hall–Kier alpha value is -2.08. The lowest BCUT2D eigenvalue weighted by atomic mass is 10.1. The van der Waals surface area contributed by atoms with Gasteiger partial charge in [0, 0.05) is 18.8 Å². The van der Waals surface area contributed by atoms with Crippen LogP contribution in [-0.4, -0.2) is 42.9 Å². The molecule has 4 rings (SSSR count). The number of carbonyl (C=O) groups is 1. The summed E-state index contributed by atoms with van der Waals surface area (Å²) in [6.07, 6.45) is 2.59. The lowest BCUT2D eigenvalue weighted by molar-refractivity contribution is 0.0755. The summed E-state index contributed by atoms with van der Waals surface area (Å²) >= 11 is 1.84. The van der Waals surface area contributed by atoms with E-state index in [0.29, 0.717) is 42.1 Å². The molecule has 6 heteroatoms. The van der Waals surface area contributed by atoms with Crippen molar-refractivity contribution in [3.8, 4) is 11.5 Å². The summed E-state index contributed by atoms with van der Waals surface area (Å²) in [7, 11) is 0. The molecule has 5 nitrogen and oxygen atoms in total. The highest BCUT2D eigenvalue weighted by Gasteiger charge is 2.27. The van der Waals surface area contributed by atoms with E-state index in [4.69, 9.17) is 13.9 Å². The van der Waals surface area contributed by atoms with Crippen LogP contribution in [0.15, 0.2) is 41.0 Å². The van der Waals surface area contributed by atoms with Crippen molar-refractivity contribution < 1.29 is 18.7 Å². The number of hydrogen-bond donors (Lipinski definition) is 0. The quantitative estimate of drug-likeness (QED) is 0.835. The molecule has 24 heavy (non-hydrogen) atoms. The van der Waals surface area contributed by atoms with E-state index in [1.165, 1.54) is 0 Å². The molecular weight excluding hydrogens is 326 g/mol. The topological polar surface area (TPSA) is 51.9 Å². The van der Waals surface area contributed by atoms with E-state index in [2.05, 4.69) is 0 Å². The van der Waals surface area contributed by atoms with Crippen molar-refractivity contribution in [2.75, 3.05) is 32.1 Å². The molecule has 1 amide bonds. The lowest BCUT2D eigenvalue weighted by Crippen LogP contribution is -2.33. The summed E-state index contributed by atoms with van der Waals surface area (Å²) in [6.45, 7) is 2.44. The summed E-state index contributed by atoms with van der Waals surface area (Å²) in [5.41, 5.74) is 0.591. The number of ether oxygens (including phenoxy) is 2. The van der Waals surface area contributed by atoms with Gasteiger partial charge in [0.1, 0.15) is 19.0 Å². The minimum atomic E-state index is 0.0121. The molecule has 1 atom stereocenters. The van der Waals surface area contributed by atoms with Crippen LogP contribution in [0.4, 0.5) is 0 Å². The maximum atomic E-state index is 13.0. The van der Waals surface area contributed by atoms with E-state index in [1.807, 2.05) is 47.0 Å². The first-order valence-corrected chi connectivity index (χ1v) is 9.21. The number of amides is 1. The Labute approximate surface area is 144 Å². The zero-order valence-electron chi connectivity index (χ0n) is 13.3. The number of thioether (sulfide) groups is 1. The summed E-state index contributed by atoms with van der Waals surface area (Å²) in [4.78, 5) is 14.9. The molecule has 0 radical (unpaired) electrons. The van der Waals surface area contributed by atoms with E-state index in [1.54, 1.807) is 6.26 Å². The van der Waals surface area contributed by atoms with Gasteiger partial charge in [0.05, 0.1) is 17.1 Å². The number of rotatable bonds is 2. The monoisotopic (exact) mass is 345 g/mol. The smallest absolute Gasteiger partial charge is 0.257 e. The van der Waals surface area contributed by atoms with Gasteiger partial charge in [-0.3, -0.25) is 4.79 Å². The zero-order chi connectivity index (χ0) is 16.4. The molecule has 0 unspecified atom stereocenters. The van der Waals surface area contributed by atoms with Crippen LogP contribution in [0, 0.1) is 0 Å². The van der Waals surface area contributed by atoms with E-state index in [9.17, 15) is 4.79 Å². The van der Waals surface area contributed by atoms with Gasteiger partial charge in [-0.05, 0) is 30.7 Å². The summed E-state index contributed by atoms with van der Waals surface area (Å²) in [5, 5.41) is 0.307. The third-order valence-corrected chi connectivity index (χ3v) is 5.57. The Balaban J connectivity index is 1.51. The first kappa shape index (κ1) is 15.4. The average Bonchev–Trinajstić information content (AvgIpc) is 3.05. The predicted molar refractivity (Wildman–Crippen MR) is 91.9 cm³/mol. The highest BCUT2D eigenvalue weighted by atomic mass is 32.2. The van der Waals surface area contributed by atoms with Crippen molar-refractivity contribution in [2.24, 2.45) is 0 Å². The molecule has 0 saturated carbocycles. The average molecular weight is 345 g/mol. The fourth-order valence-corrected chi connectivity index (χ4v) is 4.27. The first-order chi connectivity index (χ1) is 11.8. The normalized spacial score (nSPS) is 20.5. The minimum absolute atomic E-state index is 0.0121. The van der Waals surface area contributed by atoms with E-state index < -0.39 is 0 Å². The molecule has 0 bridgehead atoms. The molecular formula is C18H19NO4S. The first-order valence-electron chi connectivity index (χ1n) is 8.16. The molecule has 1 saturated heterocycles. The van der Waals surface area contributed by atoms with Gasteiger partial charge in [-0.1, -0.05) is 6.07 Å². The van der Waals surface area contributed by atoms with Gasteiger partial charge in [0.15, 0.2) is 11.5 Å². The van der Waals surface area contributed by atoms with Gasteiger partial charge in [0.25, 0.3) is 5.91 Å². The molecule has 1 fully saturated rings. The highest BCUT2D eigenvalue weighted by Crippen LogP contribution is 2.37. The molecule has 0 N–H and O–H groups in total. The van der Waals surface area contributed by atoms with Crippen molar-refractivity contribution in [1.29, 1.82) is 0 Å². The molecule has 0 aliphatic carbocycles. The van der Waals surface area contributed by atoms with Crippen molar-refractivity contribution in [1.82, 2.24) is 4.90 Å². The second kappa shape index (κ2) is 6.81. The number of carbonyl (C=O) groups excluding carboxylic acids is 1. The molecule has 2 aliphatic heterocycles. The standard InChI is InChI=1S/C18H19NO4S/c20-18(13-3-1-4-15-17(13)23-11-10-22-15)19-7-6-16(24-12-8-19)14-5-2-9-21-14/h1-5,9,16H,6-8,10-12H2/t16-/m1/s1. The predicted octanol–water partition coefficient (Wildman–Crippen LogP) is 3.37. The minimum Gasteiger partial charge on any atom is -0.486 e. The molecule has 2 aliphatic rings. The van der Waals surface area contributed by atoms with Crippen LogP contribution < -0.4 is 9.47 Å². The van der Waals surface area contributed by atoms with Crippen molar-refractivity contribution in [3.05, 3.63) is 47.9 Å². The molecule has 0 spiro atoms. The lowest BCUT2D eigenvalue weighted by Gasteiger charge is -2.24. The largest absolute Gasteiger partial charge is 0.486 e. The summed E-state index contributed by atoms with van der Waals surface area (Å²) < 4.78 is 16.8. The van der Waals surface area contributed by atoms with Crippen molar-refractivity contribution in [2.45, 2.75) is 11.7 Å². The third kappa shape index (κ3) is 2.98. The summed E-state index contributed by atoms with van der Waals surface area (Å²) in [5.74, 6) is 3.13. The summed E-state index contributed by atoms with van der Waals surface area (Å²) in [6, 6.07) is 9.43. The molecule has 126 valence electrons. The van der Waals surface area contributed by atoms with Crippen molar-refractivity contribution >= 4 is 17.7 Å². The molecule has 3 heterocycles. The van der Waals surface area contributed by atoms with Gasteiger partial charge in [-0.25, -0.2) is 0 Å². The maximum Gasteiger partial charge on any atom is 0.257 e. The van der Waals surface area contributed by atoms with Crippen LogP contribution in [0.1, 0.15) is 27.8 Å². The van der Waals surface area contributed by atoms with Crippen LogP contribution in [0.3, 0.4) is 0 Å². The molecule has 1 aromatic carbocycles. The number of para-hydroxylation sites is 1. The van der Waals surface area contributed by atoms with Crippen LogP contribution in [-0.2, 0) is 0 Å². The SMILES string of the molecule is O=C(c1cccc2c1OCCO2)N1CCS[C@@H](c2ccco2)CC1. The maximum absolute atomic E-state index is 13.0. The van der Waals surface area contributed by atoms with Crippen LogP contribution in [0.2, 0.25) is 0 Å². The molecule has 2 aromatic rings. The third-order valence-electron chi connectivity index (χ3n) is 4.29. The zero-order valence-corrected chi connectivity index (χ0v) is 14.1. The Morgan fingerprint density at radius 3 is 2.92 bits per heavy atom. The van der Waals surface area contributed by atoms with Gasteiger partial charge in [-0.2, -0.15) is 0 Å². The van der Waals surface area contributed by atoms with Crippen LogP contribution >= 0.6 is 11.8 Å². The Morgan fingerprint density at radius 2 is 2.04 bits per heavy atom. The van der Waals surface area contributed by atoms with E-state index in [0.717, 1.165) is 24.5 Å². The van der Waals surface area contributed by atoms with Crippen LogP contribution in [0.25, 0.3) is 0 Å². The van der Waals surface area contributed by atoms with Gasteiger partial charge < -0.3 is 18.8 Å². The Kier molecular flexibility index (Phi) is 4.38. The van der Waals surface area contributed by atoms with E-state index >= 15 is 0 Å². The Bertz CT molecular complexity index is 716. The van der Waals surface area contributed by atoms with Gasteiger partial charge in [0.2, 0.25) is 0 Å². The fourth-order valence-electron chi connectivity index (χ4n) is 3.09. The van der Waals surface area contributed by atoms with Crippen LogP contribution in [0.5, 0.6) is 11.5 Å². The number of benzene rings is 1. The number of furan rings is 1. The highest BCUT2D eigenvalue weighted by molar-refractivity contribution is 7.99. The number of fused-ring (bicyclic) bond motifs is 1. The number of hydrogen-bond acceptors (Lipinski definition) is 5. The second-order valence-corrected chi connectivity index (χ2v) is 7.10. The second-order valence-electron chi connectivity index (χ2n) is 5.79. The fraction of sp³-hybridized carbons (Fsp3) is 0.389. The number of nitrogens with zero attached hydrogens (tertiary/aromatic N) is 1. The molecule has 1 aromatic heterocycles.